The summed E-state index contributed by atoms with van der Waals surface area (Å²) in [4.78, 5) is 11.5. The standard InChI is InChI=1S/C19H18O/c1-12-8-18(14(3)13(12)2)19-10-16-7-5-4-6-15(16)9-17(19)11-20/h4-7,9-11H,8H2,1-3H3. The molecule has 100 valence electrons. The van der Waals surface area contributed by atoms with Gasteiger partial charge in [0.1, 0.15) is 0 Å². The van der Waals surface area contributed by atoms with Crippen LogP contribution in [0.3, 0.4) is 0 Å². The van der Waals surface area contributed by atoms with Crippen molar-refractivity contribution in [2.45, 2.75) is 27.2 Å². The monoisotopic (exact) mass is 262 g/mol. The van der Waals surface area contributed by atoms with Crippen LogP contribution in [-0.2, 0) is 0 Å². The Morgan fingerprint density at radius 3 is 2.15 bits per heavy atom. The number of hydrogen-bond donors (Lipinski definition) is 0. The van der Waals surface area contributed by atoms with Crippen LogP contribution in [0.25, 0.3) is 16.3 Å². The second-order valence-electron chi connectivity index (χ2n) is 5.59. The van der Waals surface area contributed by atoms with Crippen molar-refractivity contribution in [1.29, 1.82) is 0 Å². The van der Waals surface area contributed by atoms with Gasteiger partial charge in [-0.05, 0) is 72.4 Å². The van der Waals surface area contributed by atoms with Gasteiger partial charge in [0, 0.05) is 5.56 Å². The molecule has 20 heavy (non-hydrogen) atoms. The van der Waals surface area contributed by atoms with E-state index in [1.54, 1.807) is 0 Å². The normalized spacial score (nSPS) is 15.3. The third kappa shape index (κ3) is 1.90. The third-order valence-electron chi connectivity index (χ3n) is 4.47. The molecule has 1 heteroatoms. The first-order chi connectivity index (χ1) is 9.61. The first-order valence-electron chi connectivity index (χ1n) is 6.96. The highest BCUT2D eigenvalue weighted by molar-refractivity contribution is 5.97. The molecule has 0 aliphatic heterocycles. The average Bonchev–Trinajstić information content (AvgIpc) is 2.73. The van der Waals surface area contributed by atoms with E-state index in [1.165, 1.54) is 27.7 Å². The van der Waals surface area contributed by atoms with Crippen LogP contribution in [0.2, 0.25) is 0 Å². The maximum absolute atomic E-state index is 11.5. The Bertz CT molecular complexity index is 775. The number of hydrogen-bond acceptors (Lipinski definition) is 1. The van der Waals surface area contributed by atoms with E-state index < -0.39 is 0 Å². The lowest BCUT2D eigenvalue weighted by Gasteiger charge is -2.11. The molecule has 0 aromatic heterocycles. The Hall–Kier alpha value is -2.15. The third-order valence-corrected chi connectivity index (χ3v) is 4.47. The number of aldehydes is 1. The van der Waals surface area contributed by atoms with Gasteiger partial charge in [-0.25, -0.2) is 0 Å². The van der Waals surface area contributed by atoms with Crippen LogP contribution in [0.15, 0.2) is 53.1 Å². The van der Waals surface area contributed by atoms with Crippen molar-refractivity contribution >= 4 is 22.6 Å². The van der Waals surface area contributed by atoms with Gasteiger partial charge in [-0.1, -0.05) is 29.8 Å². The first-order valence-corrected chi connectivity index (χ1v) is 6.96. The van der Waals surface area contributed by atoms with Crippen molar-refractivity contribution < 1.29 is 4.79 Å². The molecule has 0 heterocycles. The van der Waals surface area contributed by atoms with Crippen LogP contribution in [0.4, 0.5) is 0 Å². The zero-order valence-electron chi connectivity index (χ0n) is 12.2. The summed E-state index contributed by atoms with van der Waals surface area (Å²) >= 11 is 0. The molecule has 0 saturated carbocycles. The molecule has 1 aliphatic rings. The summed E-state index contributed by atoms with van der Waals surface area (Å²) in [6.07, 6.45) is 1.93. The molecule has 0 atom stereocenters. The van der Waals surface area contributed by atoms with Gasteiger partial charge < -0.3 is 0 Å². The summed E-state index contributed by atoms with van der Waals surface area (Å²) in [5, 5.41) is 2.31. The van der Waals surface area contributed by atoms with Crippen molar-refractivity contribution in [2.24, 2.45) is 0 Å². The van der Waals surface area contributed by atoms with Crippen molar-refractivity contribution in [3.8, 4) is 0 Å². The summed E-state index contributed by atoms with van der Waals surface area (Å²) in [5.41, 5.74) is 7.27. The van der Waals surface area contributed by atoms with Crippen LogP contribution >= 0.6 is 0 Å². The second-order valence-corrected chi connectivity index (χ2v) is 5.59. The first kappa shape index (κ1) is 12.9. The van der Waals surface area contributed by atoms with Crippen LogP contribution in [0.1, 0.15) is 43.1 Å². The van der Waals surface area contributed by atoms with Gasteiger partial charge in [-0.3, -0.25) is 4.79 Å². The molecule has 0 fully saturated rings. The van der Waals surface area contributed by atoms with Crippen LogP contribution in [-0.4, -0.2) is 6.29 Å². The summed E-state index contributed by atoms with van der Waals surface area (Å²) in [5.74, 6) is 0. The van der Waals surface area contributed by atoms with E-state index >= 15 is 0 Å². The number of carbonyl (C=O) groups excluding carboxylic acids is 1. The Kier molecular flexibility index (Phi) is 3.06. The molecule has 3 rings (SSSR count). The molecule has 0 N–H and O–H groups in total. The molecule has 0 unspecified atom stereocenters. The van der Waals surface area contributed by atoms with Crippen LogP contribution in [0.5, 0.6) is 0 Å². The molecule has 0 radical (unpaired) electrons. The smallest absolute Gasteiger partial charge is 0.150 e. The highest BCUT2D eigenvalue weighted by atomic mass is 16.1. The minimum Gasteiger partial charge on any atom is -0.298 e. The Morgan fingerprint density at radius 1 is 0.950 bits per heavy atom. The molecular weight excluding hydrogens is 244 g/mol. The lowest BCUT2D eigenvalue weighted by atomic mass is 9.93. The molecule has 1 aliphatic carbocycles. The van der Waals surface area contributed by atoms with Gasteiger partial charge in [0.2, 0.25) is 0 Å². The number of benzene rings is 2. The quantitative estimate of drug-likeness (QED) is 0.683. The molecule has 2 aromatic carbocycles. The van der Waals surface area contributed by atoms with E-state index in [1.807, 2.05) is 18.2 Å². The molecular formula is C19H18O. The SMILES string of the molecule is CC1=C(C)C(C)=C(c2cc3ccccc3cc2C=O)C1. The van der Waals surface area contributed by atoms with E-state index in [0.29, 0.717) is 0 Å². The number of allylic oxidation sites excluding steroid dienone is 4. The van der Waals surface area contributed by atoms with Gasteiger partial charge in [0.05, 0.1) is 0 Å². The van der Waals surface area contributed by atoms with Crippen LogP contribution < -0.4 is 0 Å². The fraction of sp³-hybridized carbons (Fsp3) is 0.211. The number of fused-ring (bicyclic) bond motifs is 1. The molecule has 0 spiro atoms. The largest absolute Gasteiger partial charge is 0.298 e. The van der Waals surface area contributed by atoms with Gasteiger partial charge in [0.25, 0.3) is 0 Å². The molecule has 0 saturated heterocycles. The van der Waals surface area contributed by atoms with Gasteiger partial charge >= 0.3 is 0 Å². The molecule has 2 aromatic rings. The predicted octanol–water partition coefficient (Wildman–Crippen LogP) is 5.17. The number of rotatable bonds is 2. The Labute approximate surface area is 119 Å². The second kappa shape index (κ2) is 4.75. The highest BCUT2D eigenvalue weighted by Crippen LogP contribution is 2.39. The Morgan fingerprint density at radius 2 is 1.60 bits per heavy atom. The topological polar surface area (TPSA) is 17.1 Å². The zero-order chi connectivity index (χ0) is 14.3. The number of carbonyl (C=O) groups is 1. The zero-order valence-corrected chi connectivity index (χ0v) is 12.2. The fourth-order valence-corrected chi connectivity index (χ4v) is 2.99. The summed E-state index contributed by atoms with van der Waals surface area (Å²) < 4.78 is 0. The van der Waals surface area contributed by atoms with Crippen molar-refractivity contribution in [1.82, 2.24) is 0 Å². The van der Waals surface area contributed by atoms with E-state index in [9.17, 15) is 4.79 Å². The molecule has 0 amide bonds. The van der Waals surface area contributed by atoms with Gasteiger partial charge in [-0.2, -0.15) is 0 Å². The van der Waals surface area contributed by atoms with E-state index in [2.05, 4.69) is 39.0 Å². The van der Waals surface area contributed by atoms with E-state index in [-0.39, 0.29) is 0 Å². The minimum atomic E-state index is 0.792. The van der Waals surface area contributed by atoms with Crippen molar-refractivity contribution in [3.05, 3.63) is 64.2 Å². The summed E-state index contributed by atoms with van der Waals surface area (Å²) in [7, 11) is 0. The fourth-order valence-electron chi connectivity index (χ4n) is 2.99. The van der Waals surface area contributed by atoms with Crippen LogP contribution in [0, 0.1) is 0 Å². The summed E-state index contributed by atoms with van der Waals surface area (Å²) in [6.45, 7) is 6.50. The van der Waals surface area contributed by atoms with Crippen molar-refractivity contribution in [3.63, 3.8) is 0 Å². The van der Waals surface area contributed by atoms with Crippen molar-refractivity contribution in [2.75, 3.05) is 0 Å². The maximum atomic E-state index is 11.5. The van der Waals surface area contributed by atoms with E-state index in [0.717, 1.165) is 29.2 Å². The molecule has 1 nitrogen and oxygen atoms in total. The van der Waals surface area contributed by atoms with E-state index in [4.69, 9.17) is 0 Å². The van der Waals surface area contributed by atoms with Gasteiger partial charge in [0.15, 0.2) is 6.29 Å². The minimum absolute atomic E-state index is 0.792. The molecule has 0 bridgehead atoms. The average molecular weight is 262 g/mol. The lowest BCUT2D eigenvalue weighted by molar-refractivity contribution is 0.112. The van der Waals surface area contributed by atoms with Gasteiger partial charge in [-0.15, -0.1) is 0 Å². The highest BCUT2D eigenvalue weighted by Gasteiger charge is 2.19. The maximum Gasteiger partial charge on any atom is 0.150 e. The Balaban J connectivity index is 2.24. The predicted molar refractivity (Wildman–Crippen MR) is 84.9 cm³/mol. The summed E-state index contributed by atoms with van der Waals surface area (Å²) in [6, 6.07) is 12.4. The lowest BCUT2D eigenvalue weighted by Crippen LogP contribution is -1.93.